The van der Waals surface area contributed by atoms with Gasteiger partial charge in [0.15, 0.2) is 0 Å². The summed E-state index contributed by atoms with van der Waals surface area (Å²) in [6.45, 7) is 5.46. The first-order chi connectivity index (χ1) is 14.1. The van der Waals surface area contributed by atoms with E-state index in [0.717, 1.165) is 16.7 Å². The van der Waals surface area contributed by atoms with Crippen molar-refractivity contribution in [2.45, 2.75) is 39.7 Å². The van der Waals surface area contributed by atoms with Crippen molar-refractivity contribution in [2.75, 3.05) is 0 Å². The second kappa shape index (κ2) is 10.4. The molecule has 0 aliphatic heterocycles. The van der Waals surface area contributed by atoms with Crippen LogP contribution in [-0.2, 0) is 24.5 Å². The van der Waals surface area contributed by atoms with Crippen molar-refractivity contribution in [3.63, 3.8) is 0 Å². The number of ether oxygens (including phenoxy) is 2. The van der Waals surface area contributed by atoms with Crippen molar-refractivity contribution in [1.82, 2.24) is 10.3 Å². The van der Waals surface area contributed by atoms with Crippen LogP contribution in [0.3, 0.4) is 0 Å². The van der Waals surface area contributed by atoms with E-state index in [1.807, 2.05) is 68.4 Å². The van der Waals surface area contributed by atoms with E-state index in [9.17, 15) is 4.79 Å². The third kappa shape index (κ3) is 6.73. The number of benzene rings is 2. The fraction of sp³-hybridized carbons (Fsp3) is 0.250. The Balaban J connectivity index is 1.44. The Kier molecular flexibility index (Phi) is 7.36. The average Bonchev–Trinajstić information content (AvgIpc) is 2.74. The van der Waals surface area contributed by atoms with Crippen LogP contribution >= 0.6 is 0 Å². The van der Waals surface area contributed by atoms with Crippen molar-refractivity contribution < 1.29 is 14.3 Å². The summed E-state index contributed by atoms with van der Waals surface area (Å²) in [5.41, 5.74) is 3.79. The van der Waals surface area contributed by atoms with Crippen LogP contribution in [-0.4, -0.2) is 17.0 Å². The molecule has 0 bridgehead atoms. The molecule has 2 aromatic carbocycles. The number of hydrogen-bond acceptors (Lipinski definition) is 4. The first-order valence-electron chi connectivity index (χ1n) is 9.70. The molecule has 5 nitrogen and oxygen atoms in total. The molecule has 0 aliphatic carbocycles. The maximum atomic E-state index is 12.3. The largest absolute Gasteiger partial charge is 0.475 e. The van der Waals surface area contributed by atoms with E-state index in [1.54, 1.807) is 12.1 Å². The summed E-state index contributed by atoms with van der Waals surface area (Å²) in [6.07, 6.45) is 1.58. The molecule has 0 saturated heterocycles. The molecule has 3 aromatic rings. The summed E-state index contributed by atoms with van der Waals surface area (Å²) < 4.78 is 11.2. The van der Waals surface area contributed by atoms with Crippen molar-refractivity contribution in [1.29, 1.82) is 0 Å². The van der Waals surface area contributed by atoms with Gasteiger partial charge in [-0.05, 0) is 36.6 Å². The summed E-state index contributed by atoms with van der Waals surface area (Å²) in [5, 5.41) is 2.91. The molecule has 3 rings (SSSR count). The lowest BCUT2D eigenvalue weighted by Crippen LogP contribution is -2.23. The van der Waals surface area contributed by atoms with Gasteiger partial charge in [-0.2, -0.15) is 0 Å². The topological polar surface area (TPSA) is 60.5 Å². The Morgan fingerprint density at radius 2 is 1.55 bits per heavy atom. The zero-order chi connectivity index (χ0) is 20.5. The van der Waals surface area contributed by atoms with E-state index in [2.05, 4.69) is 10.3 Å². The van der Waals surface area contributed by atoms with Crippen LogP contribution in [0.4, 0.5) is 0 Å². The van der Waals surface area contributed by atoms with Crippen LogP contribution in [0.25, 0.3) is 0 Å². The standard InChI is InChI=1S/C24H26N2O3/c1-18(2)29-23-13-12-22(15-25-23)24(27)26-14-19-8-10-21(11-9-19)17-28-16-20-6-4-3-5-7-20/h3-13,15,18H,14,16-17H2,1-2H3,(H,26,27). The molecule has 1 aromatic heterocycles. The van der Waals surface area contributed by atoms with E-state index in [0.29, 0.717) is 31.2 Å². The lowest BCUT2D eigenvalue weighted by Gasteiger charge is -2.09. The van der Waals surface area contributed by atoms with Gasteiger partial charge >= 0.3 is 0 Å². The lowest BCUT2D eigenvalue weighted by molar-refractivity contribution is 0.0950. The molecule has 0 spiro atoms. The van der Waals surface area contributed by atoms with Crippen molar-refractivity contribution in [3.8, 4) is 5.88 Å². The summed E-state index contributed by atoms with van der Waals surface area (Å²) in [6, 6.07) is 21.6. The maximum Gasteiger partial charge on any atom is 0.253 e. The first kappa shape index (κ1) is 20.6. The van der Waals surface area contributed by atoms with Crippen molar-refractivity contribution in [3.05, 3.63) is 95.2 Å². The van der Waals surface area contributed by atoms with Crippen LogP contribution in [0.1, 0.15) is 40.9 Å². The van der Waals surface area contributed by atoms with Crippen LogP contribution in [0.15, 0.2) is 72.9 Å². The molecule has 0 saturated carbocycles. The van der Waals surface area contributed by atoms with Crippen molar-refractivity contribution >= 4 is 5.91 Å². The number of rotatable bonds is 9. The number of nitrogens with zero attached hydrogens (tertiary/aromatic N) is 1. The Hall–Kier alpha value is -3.18. The molecule has 0 atom stereocenters. The summed E-state index contributed by atoms with van der Waals surface area (Å²) in [4.78, 5) is 16.4. The van der Waals surface area contributed by atoms with Gasteiger partial charge in [-0.25, -0.2) is 4.98 Å². The second-order valence-corrected chi connectivity index (χ2v) is 7.03. The van der Waals surface area contributed by atoms with Crippen LogP contribution in [0.5, 0.6) is 5.88 Å². The number of carbonyl (C=O) groups is 1. The lowest BCUT2D eigenvalue weighted by atomic mass is 10.1. The molecule has 29 heavy (non-hydrogen) atoms. The molecule has 0 aliphatic rings. The summed E-state index contributed by atoms with van der Waals surface area (Å²) >= 11 is 0. The minimum atomic E-state index is -0.163. The molecule has 1 N–H and O–H groups in total. The Bertz CT molecular complexity index is 892. The summed E-state index contributed by atoms with van der Waals surface area (Å²) in [5.74, 6) is 0.352. The third-order valence-electron chi connectivity index (χ3n) is 4.21. The molecule has 0 radical (unpaired) electrons. The number of hydrogen-bond donors (Lipinski definition) is 1. The molecular formula is C24H26N2O3. The minimum absolute atomic E-state index is 0.0499. The fourth-order valence-electron chi connectivity index (χ4n) is 2.72. The predicted molar refractivity (Wildman–Crippen MR) is 113 cm³/mol. The average molecular weight is 390 g/mol. The molecule has 0 fully saturated rings. The highest BCUT2D eigenvalue weighted by molar-refractivity contribution is 5.93. The highest BCUT2D eigenvalue weighted by Gasteiger charge is 2.07. The second-order valence-electron chi connectivity index (χ2n) is 7.03. The molecule has 0 unspecified atom stereocenters. The van der Waals surface area contributed by atoms with Gasteiger partial charge in [0.05, 0.1) is 24.9 Å². The van der Waals surface area contributed by atoms with E-state index < -0.39 is 0 Å². The minimum Gasteiger partial charge on any atom is -0.475 e. The van der Waals surface area contributed by atoms with Gasteiger partial charge in [-0.1, -0.05) is 54.6 Å². The SMILES string of the molecule is CC(C)Oc1ccc(C(=O)NCc2ccc(COCc3ccccc3)cc2)cn1. The molecular weight excluding hydrogens is 364 g/mol. The number of nitrogens with one attached hydrogen (secondary N) is 1. The van der Waals surface area contributed by atoms with Crippen molar-refractivity contribution in [2.24, 2.45) is 0 Å². The van der Waals surface area contributed by atoms with Gasteiger partial charge in [0.25, 0.3) is 5.91 Å². The Labute approximate surface area is 171 Å². The van der Waals surface area contributed by atoms with Gasteiger partial charge < -0.3 is 14.8 Å². The number of carbonyl (C=O) groups excluding carboxylic acids is 1. The van der Waals surface area contributed by atoms with Crippen LogP contribution < -0.4 is 10.1 Å². The van der Waals surface area contributed by atoms with Crippen LogP contribution in [0.2, 0.25) is 0 Å². The first-order valence-corrected chi connectivity index (χ1v) is 9.70. The van der Waals surface area contributed by atoms with E-state index in [1.165, 1.54) is 6.20 Å². The normalized spacial score (nSPS) is 10.7. The predicted octanol–water partition coefficient (Wildman–Crippen LogP) is 4.52. The van der Waals surface area contributed by atoms with Gasteiger partial charge in [-0.3, -0.25) is 4.79 Å². The number of pyridine rings is 1. The Morgan fingerprint density at radius 1 is 0.897 bits per heavy atom. The van der Waals surface area contributed by atoms with Gasteiger partial charge in [0.1, 0.15) is 0 Å². The maximum absolute atomic E-state index is 12.3. The quantitative estimate of drug-likeness (QED) is 0.584. The highest BCUT2D eigenvalue weighted by atomic mass is 16.5. The van der Waals surface area contributed by atoms with Gasteiger partial charge in [0, 0.05) is 18.8 Å². The Morgan fingerprint density at radius 3 is 2.17 bits per heavy atom. The van der Waals surface area contributed by atoms with Crippen LogP contribution in [0, 0.1) is 0 Å². The molecule has 1 amide bonds. The van der Waals surface area contributed by atoms with E-state index >= 15 is 0 Å². The molecule has 150 valence electrons. The number of aromatic nitrogens is 1. The number of amides is 1. The zero-order valence-electron chi connectivity index (χ0n) is 16.8. The smallest absolute Gasteiger partial charge is 0.253 e. The van der Waals surface area contributed by atoms with Gasteiger partial charge in [0.2, 0.25) is 5.88 Å². The monoisotopic (exact) mass is 390 g/mol. The third-order valence-corrected chi connectivity index (χ3v) is 4.21. The molecule has 5 heteroatoms. The highest BCUT2D eigenvalue weighted by Crippen LogP contribution is 2.11. The van der Waals surface area contributed by atoms with E-state index in [-0.39, 0.29) is 12.0 Å². The molecule has 1 heterocycles. The summed E-state index contributed by atoms with van der Waals surface area (Å²) in [7, 11) is 0. The van der Waals surface area contributed by atoms with Gasteiger partial charge in [-0.15, -0.1) is 0 Å². The fourth-order valence-corrected chi connectivity index (χ4v) is 2.72. The van der Waals surface area contributed by atoms with E-state index in [4.69, 9.17) is 9.47 Å². The zero-order valence-corrected chi connectivity index (χ0v) is 16.8.